The molecule has 0 fully saturated rings. The Morgan fingerprint density at radius 2 is 1.41 bits per heavy atom. The molecule has 0 saturated carbocycles. The zero-order valence-electron chi connectivity index (χ0n) is 17.7. The second-order valence-electron chi connectivity index (χ2n) is 7.40. The van der Waals surface area contributed by atoms with Crippen molar-refractivity contribution in [1.82, 2.24) is 0 Å². The molecule has 0 bridgehead atoms. The Bertz CT molecular complexity index is 872. The fraction of sp³-hybridized carbons (Fsp3) is 0.333. The Morgan fingerprint density at radius 1 is 0.724 bits per heavy atom. The molecule has 1 nitrogen and oxygen atoms in total. The van der Waals surface area contributed by atoms with E-state index in [1.807, 2.05) is 11.3 Å². The van der Waals surface area contributed by atoms with Crippen LogP contribution >= 0.6 is 11.3 Å². The van der Waals surface area contributed by atoms with Crippen LogP contribution < -0.4 is 4.74 Å². The fourth-order valence-corrected chi connectivity index (χ4v) is 4.34. The first-order valence-corrected chi connectivity index (χ1v) is 11.7. The van der Waals surface area contributed by atoms with Crippen molar-refractivity contribution in [3.8, 4) is 27.3 Å². The van der Waals surface area contributed by atoms with Gasteiger partial charge in [-0.05, 0) is 60.2 Å². The summed E-state index contributed by atoms with van der Waals surface area (Å²) in [5.41, 5.74) is 3.76. The summed E-state index contributed by atoms with van der Waals surface area (Å²) in [7, 11) is 0. The molecule has 1 aromatic heterocycles. The molecule has 0 aliphatic carbocycles. The van der Waals surface area contributed by atoms with Crippen LogP contribution in [0.2, 0.25) is 0 Å². The van der Waals surface area contributed by atoms with E-state index in [9.17, 15) is 0 Å². The Hall–Kier alpha value is -2.32. The second kappa shape index (κ2) is 11.6. The van der Waals surface area contributed by atoms with Crippen LogP contribution in [0.15, 0.2) is 72.8 Å². The van der Waals surface area contributed by atoms with Gasteiger partial charge in [0.25, 0.3) is 0 Å². The molecule has 0 radical (unpaired) electrons. The highest BCUT2D eigenvalue weighted by atomic mass is 32.1. The monoisotopic (exact) mass is 404 g/mol. The van der Waals surface area contributed by atoms with Crippen molar-refractivity contribution in [3.63, 3.8) is 0 Å². The molecule has 2 heteroatoms. The first kappa shape index (κ1) is 21.4. The molecule has 0 saturated heterocycles. The molecular formula is C27H32OS. The smallest absolute Gasteiger partial charge is 0.119 e. The molecule has 0 N–H and O–H groups in total. The van der Waals surface area contributed by atoms with Gasteiger partial charge in [-0.3, -0.25) is 0 Å². The lowest BCUT2D eigenvalue weighted by Crippen LogP contribution is -1.92. The minimum atomic E-state index is 0.634. The van der Waals surface area contributed by atoms with Crippen molar-refractivity contribution in [2.24, 2.45) is 0 Å². The third-order valence-electron chi connectivity index (χ3n) is 5.01. The summed E-state index contributed by atoms with van der Waals surface area (Å²) in [5, 5.41) is 0. The van der Waals surface area contributed by atoms with Crippen LogP contribution in [-0.4, -0.2) is 6.61 Å². The number of unbranched alkanes of at least 4 members (excludes halogenated alkanes) is 3. The molecule has 2 aromatic carbocycles. The number of hydrogen-bond donors (Lipinski definition) is 0. The third kappa shape index (κ3) is 6.61. The Labute approximate surface area is 180 Å². The molecule has 0 unspecified atom stereocenters. The summed E-state index contributed by atoms with van der Waals surface area (Å²) in [6, 6.07) is 21.8. The Kier molecular flexibility index (Phi) is 8.58. The first-order valence-electron chi connectivity index (χ1n) is 10.9. The van der Waals surface area contributed by atoms with Gasteiger partial charge in [-0.2, -0.15) is 0 Å². The summed E-state index contributed by atoms with van der Waals surface area (Å²) < 4.78 is 5.77. The largest absolute Gasteiger partial charge is 0.490 e. The summed E-state index contributed by atoms with van der Waals surface area (Å²) in [5.74, 6) is 0.917. The van der Waals surface area contributed by atoms with E-state index < -0.39 is 0 Å². The predicted molar refractivity (Wildman–Crippen MR) is 128 cm³/mol. The van der Waals surface area contributed by atoms with Crippen LogP contribution in [0.4, 0.5) is 0 Å². The lowest BCUT2D eigenvalue weighted by molar-refractivity contribution is 0.362. The molecule has 0 spiro atoms. The maximum absolute atomic E-state index is 5.77. The van der Waals surface area contributed by atoms with Gasteiger partial charge in [0.1, 0.15) is 12.4 Å². The highest BCUT2D eigenvalue weighted by Gasteiger charge is 2.04. The molecule has 3 rings (SSSR count). The van der Waals surface area contributed by atoms with Crippen molar-refractivity contribution in [2.75, 3.05) is 6.61 Å². The highest BCUT2D eigenvalue weighted by molar-refractivity contribution is 7.15. The van der Waals surface area contributed by atoms with E-state index in [4.69, 9.17) is 4.74 Å². The van der Waals surface area contributed by atoms with Crippen molar-refractivity contribution >= 4 is 11.3 Å². The van der Waals surface area contributed by atoms with Crippen LogP contribution in [0.1, 0.15) is 50.8 Å². The number of rotatable bonds is 11. The first-order chi connectivity index (χ1) is 14.3. The van der Waals surface area contributed by atoms with E-state index >= 15 is 0 Å². The van der Waals surface area contributed by atoms with Crippen LogP contribution in [0.25, 0.3) is 21.6 Å². The molecule has 29 heavy (non-hydrogen) atoms. The Morgan fingerprint density at radius 3 is 2.10 bits per heavy atom. The predicted octanol–water partition coefficient (Wildman–Crippen LogP) is 8.55. The number of thiophene rings is 1. The van der Waals surface area contributed by atoms with E-state index in [1.54, 1.807) is 0 Å². The standard InChI is InChI=1S/C27H32OS/c1-3-5-7-9-21-28-25-17-15-23(16-18-25)22-11-13-24(14-12-22)27-20-19-26(29-27)10-8-6-4-2/h7,9,11-20H,3-6,8,10,21H2,1-2H3/b9-7+. The summed E-state index contributed by atoms with van der Waals surface area (Å²) in [6.07, 6.45) is 11.7. The van der Waals surface area contributed by atoms with Gasteiger partial charge in [-0.15, -0.1) is 11.3 Å². The van der Waals surface area contributed by atoms with Gasteiger partial charge in [0.15, 0.2) is 0 Å². The summed E-state index contributed by atoms with van der Waals surface area (Å²) >= 11 is 1.93. The van der Waals surface area contributed by atoms with E-state index in [1.165, 1.54) is 58.5 Å². The van der Waals surface area contributed by atoms with Crippen molar-refractivity contribution in [1.29, 1.82) is 0 Å². The minimum Gasteiger partial charge on any atom is -0.490 e. The topological polar surface area (TPSA) is 9.23 Å². The molecular weight excluding hydrogens is 372 g/mol. The zero-order chi connectivity index (χ0) is 20.3. The lowest BCUT2D eigenvalue weighted by Gasteiger charge is -2.06. The molecule has 152 valence electrons. The molecule has 0 atom stereocenters. The van der Waals surface area contributed by atoms with Gasteiger partial charge in [0.05, 0.1) is 0 Å². The second-order valence-corrected chi connectivity index (χ2v) is 8.56. The summed E-state index contributed by atoms with van der Waals surface area (Å²) in [6.45, 7) is 5.08. The van der Waals surface area contributed by atoms with Crippen LogP contribution in [0.5, 0.6) is 5.75 Å². The molecule has 3 aromatic rings. The number of aryl methyl sites for hydroxylation is 1. The number of hydrogen-bond acceptors (Lipinski definition) is 2. The van der Waals surface area contributed by atoms with Gasteiger partial charge in [0, 0.05) is 9.75 Å². The highest BCUT2D eigenvalue weighted by Crippen LogP contribution is 2.31. The minimum absolute atomic E-state index is 0.634. The molecule has 1 heterocycles. The van der Waals surface area contributed by atoms with Gasteiger partial charge in [-0.1, -0.05) is 81.7 Å². The van der Waals surface area contributed by atoms with E-state index in [2.05, 4.69) is 86.7 Å². The number of ether oxygens (including phenoxy) is 1. The van der Waals surface area contributed by atoms with Crippen LogP contribution in [-0.2, 0) is 6.42 Å². The normalized spacial score (nSPS) is 11.2. The quantitative estimate of drug-likeness (QED) is 0.230. The van der Waals surface area contributed by atoms with Gasteiger partial charge >= 0.3 is 0 Å². The molecule has 0 aliphatic heterocycles. The fourth-order valence-electron chi connectivity index (χ4n) is 3.28. The van der Waals surface area contributed by atoms with Gasteiger partial charge < -0.3 is 4.74 Å². The van der Waals surface area contributed by atoms with E-state index in [-0.39, 0.29) is 0 Å². The maximum atomic E-state index is 5.77. The van der Waals surface area contributed by atoms with Crippen molar-refractivity contribution in [3.05, 3.63) is 77.7 Å². The average Bonchev–Trinajstić information content (AvgIpc) is 3.23. The van der Waals surface area contributed by atoms with Gasteiger partial charge in [-0.25, -0.2) is 0 Å². The van der Waals surface area contributed by atoms with Crippen LogP contribution in [0, 0.1) is 0 Å². The van der Waals surface area contributed by atoms with Gasteiger partial charge in [0.2, 0.25) is 0 Å². The number of benzene rings is 2. The summed E-state index contributed by atoms with van der Waals surface area (Å²) in [4.78, 5) is 2.86. The average molecular weight is 405 g/mol. The van der Waals surface area contributed by atoms with E-state index in [0.29, 0.717) is 6.61 Å². The zero-order valence-corrected chi connectivity index (χ0v) is 18.5. The van der Waals surface area contributed by atoms with Crippen molar-refractivity contribution < 1.29 is 4.74 Å². The van der Waals surface area contributed by atoms with Crippen LogP contribution in [0.3, 0.4) is 0 Å². The van der Waals surface area contributed by atoms with E-state index in [0.717, 1.165) is 12.2 Å². The Balaban J connectivity index is 1.58. The SMILES string of the molecule is CCC/C=C/COc1ccc(-c2ccc(-c3ccc(CCCCC)s3)cc2)cc1. The van der Waals surface area contributed by atoms with Crippen molar-refractivity contribution in [2.45, 2.75) is 52.4 Å². The molecule has 0 aliphatic rings. The lowest BCUT2D eigenvalue weighted by atomic mass is 10.0. The number of allylic oxidation sites excluding steroid dienone is 1. The third-order valence-corrected chi connectivity index (χ3v) is 6.21. The maximum Gasteiger partial charge on any atom is 0.119 e. The molecule has 0 amide bonds.